The number of rotatable bonds is 6. The van der Waals surface area contributed by atoms with Crippen molar-refractivity contribution >= 4 is 28.0 Å². The highest BCUT2D eigenvalue weighted by molar-refractivity contribution is 7.91. The number of hydrogen-bond acceptors (Lipinski definition) is 5. The van der Waals surface area contributed by atoms with Crippen molar-refractivity contribution in [3.63, 3.8) is 0 Å². The Labute approximate surface area is 166 Å². The molecule has 2 aromatic heterocycles. The fourth-order valence-corrected chi connectivity index (χ4v) is 4.37. The molecule has 7 heteroatoms. The summed E-state index contributed by atoms with van der Waals surface area (Å²) in [4.78, 5) is 9.42. The summed E-state index contributed by atoms with van der Waals surface area (Å²) in [6.45, 7) is 0.532. The lowest BCUT2D eigenvalue weighted by molar-refractivity contribution is 0.592. The Morgan fingerprint density at radius 1 is 1.04 bits per heavy atom. The molecule has 0 aliphatic heterocycles. The quantitative estimate of drug-likeness (QED) is 0.491. The van der Waals surface area contributed by atoms with Gasteiger partial charge in [0, 0.05) is 24.2 Å². The molecule has 0 saturated carbocycles. The number of hydrogen-bond donors (Lipinski definition) is 2. The molecule has 4 aromatic rings. The number of anilines is 1. The summed E-state index contributed by atoms with van der Waals surface area (Å²) in [6.07, 6.45) is 4.20. The smallest absolute Gasteiger partial charge is 0.154 e. The van der Waals surface area contributed by atoms with E-state index in [0.29, 0.717) is 18.1 Å². The highest BCUT2D eigenvalue weighted by Gasteiger charge is 2.17. The molecule has 0 aliphatic carbocycles. The minimum Gasteiger partial charge on any atom is -0.611 e. The molecule has 0 spiro atoms. The van der Waals surface area contributed by atoms with Crippen molar-refractivity contribution < 1.29 is 4.55 Å². The van der Waals surface area contributed by atoms with Crippen LogP contribution in [-0.2, 0) is 11.2 Å². The fraction of sp³-hybridized carbons (Fsp3) is 0.143. The van der Waals surface area contributed by atoms with Crippen LogP contribution < -0.4 is 11.5 Å². The third-order valence-corrected chi connectivity index (χ3v) is 6.03. The van der Waals surface area contributed by atoms with Gasteiger partial charge in [0.2, 0.25) is 0 Å². The molecule has 2 heterocycles. The van der Waals surface area contributed by atoms with Crippen LogP contribution in [0.1, 0.15) is 6.42 Å². The summed E-state index contributed by atoms with van der Waals surface area (Å²) in [7, 11) is 0. The van der Waals surface area contributed by atoms with Gasteiger partial charge in [-0.1, -0.05) is 36.4 Å². The molecule has 28 heavy (non-hydrogen) atoms. The van der Waals surface area contributed by atoms with E-state index < -0.39 is 11.2 Å². The Bertz CT molecular complexity index is 1100. The Morgan fingerprint density at radius 3 is 2.64 bits per heavy atom. The molecule has 4 rings (SSSR count). The van der Waals surface area contributed by atoms with Crippen LogP contribution >= 0.6 is 0 Å². The molecule has 0 fully saturated rings. The monoisotopic (exact) mass is 391 g/mol. The number of benzene rings is 2. The van der Waals surface area contributed by atoms with Crippen molar-refractivity contribution in [3.8, 4) is 16.8 Å². The van der Waals surface area contributed by atoms with Gasteiger partial charge in [-0.25, -0.2) is 9.97 Å². The van der Waals surface area contributed by atoms with Crippen LogP contribution in [0.3, 0.4) is 0 Å². The second-order valence-electron chi connectivity index (χ2n) is 6.43. The maximum Gasteiger partial charge on any atom is 0.154 e. The zero-order valence-electron chi connectivity index (χ0n) is 15.3. The van der Waals surface area contributed by atoms with Gasteiger partial charge < -0.3 is 20.6 Å². The Kier molecular flexibility index (Phi) is 5.29. The molecule has 142 valence electrons. The first kappa shape index (κ1) is 18.5. The number of fused-ring (bicyclic) bond motifs is 1. The van der Waals surface area contributed by atoms with Crippen molar-refractivity contribution in [2.24, 2.45) is 5.73 Å². The second-order valence-corrected chi connectivity index (χ2v) is 8.00. The SMILES string of the molecule is NCCC[S+]([O-])c1cccc(-n2cc(-c3ccccc3)c3c(N)ncnc32)c1. The lowest BCUT2D eigenvalue weighted by Gasteiger charge is -2.12. The van der Waals surface area contributed by atoms with E-state index in [1.165, 1.54) is 6.33 Å². The summed E-state index contributed by atoms with van der Waals surface area (Å²) in [6, 6.07) is 17.7. The van der Waals surface area contributed by atoms with E-state index in [-0.39, 0.29) is 0 Å². The molecule has 2 aromatic carbocycles. The summed E-state index contributed by atoms with van der Waals surface area (Å²) >= 11 is -1.09. The summed E-state index contributed by atoms with van der Waals surface area (Å²) in [5.74, 6) is 0.988. The summed E-state index contributed by atoms with van der Waals surface area (Å²) < 4.78 is 14.5. The molecule has 1 unspecified atom stereocenters. The van der Waals surface area contributed by atoms with Crippen LogP contribution in [0.5, 0.6) is 0 Å². The lowest BCUT2D eigenvalue weighted by Crippen LogP contribution is -2.11. The maximum atomic E-state index is 12.5. The van der Waals surface area contributed by atoms with E-state index in [4.69, 9.17) is 11.5 Å². The molecule has 1 atom stereocenters. The van der Waals surface area contributed by atoms with E-state index in [1.54, 1.807) is 0 Å². The van der Waals surface area contributed by atoms with Gasteiger partial charge in [0.05, 0.1) is 11.1 Å². The van der Waals surface area contributed by atoms with Gasteiger partial charge in [0.15, 0.2) is 10.5 Å². The first-order chi connectivity index (χ1) is 13.7. The Balaban J connectivity index is 1.85. The lowest BCUT2D eigenvalue weighted by atomic mass is 10.1. The van der Waals surface area contributed by atoms with Gasteiger partial charge >= 0.3 is 0 Å². The van der Waals surface area contributed by atoms with Crippen molar-refractivity contribution in [1.82, 2.24) is 14.5 Å². The van der Waals surface area contributed by atoms with E-state index in [2.05, 4.69) is 9.97 Å². The molecule has 6 nitrogen and oxygen atoms in total. The van der Waals surface area contributed by atoms with Crippen LogP contribution in [0.2, 0.25) is 0 Å². The van der Waals surface area contributed by atoms with Gasteiger partial charge in [0.1, 0.15) is 17.9 Å². The number of nitrogens with two attached hydrogens (primary N) is 2. The van der Waals surface area contributed by atoms with E-state index in [9.17, 15) is 4.55 Å². The minimum absolute atomic E-state index is 0.435. The van der Waals surface area contributed by atoms with Gasteiger partial charge in [-0.15, -0.1) is 0 Å². The molecule has 0 saturated heterocycles. The average Bonchev–Trinajstić information content (AvgIpc) is 3.14. The zero-order valence-corrected chi connectivity index (χ0v) is 16.1. The van der Waals surface area contributed by atoms with Crippen LogP contribution in [0.25, 0.3) is 27.8 Å². The molecule has 0 bridgehead atoms. The highest BCUT2D eigenvalue weighted by atomic mass is 32.2. The maximum absolute atomic E-state index is 12.5. The van der Waals surface area contributed by atoms with E-state index in [1.807, 2.05) is 65.4 Å². The van der Waals surface area contributed by atoms with Gasteiger partial charge in [-0.05, 0) is 35.4 Å². The van der Waals surface area contributed by atoms with Gasteiger partial charge in [-0.2, -0.15) is 0 Å². The first-order valence-electron chi connectivity index (χ1n) is 9.05. The molecule has 0 amide bonds. The Hall–Kier alpha value is -2.87. The van der Waals surface area contributed by atoms with Crippen LogP contribution in [-0.4, -0.2) is 31.4 Å². The van der Waals surface area contributed by atoms with E-state index >= 15 is 0 Å². The number of nitrogen functional groups attached to an aromatic ring is 1. The van der Waals surface area contributed by atoms with Gasteiger partial charge in [0.25, 0.3) is 0 Å². The topological polar surface area (TPSA) is 106 Å². The molecular weight excluding hydrogens is 370 g/mol. The summed E-state index contributed by atoms with van der Waals surface area (Å²) in [5.41, 5.74) is 15.3. The fourth-order valence-electron chi connectivity index (χ4n) is 3.23. The largest absolute Gasteiger partial charge is 0.611 e. The number of aromatic nitrogens is 3. The van der Waals surface area contributed by atoms with Gasteiger partial charge in [-0.3, -0.25) is 0 Å². The van der Waals surface area contributed by atoms with Crippen LogP contribution in [0.15, 0.2) is 72.0 Å². The molecular formula is C21H21N5OS. The zero-order chi connectivity index (χ0) is 19.5. The van der Waals surface area contributed by atoms with Crippen molar-refractivity contribution in [2.45, 2.75) is 11.3 Å². The normalized spacial score (nSPS) is 12.4. The standard InChI is InChI=1S/C21H21N5OS/c22-10-5-11-28(27)17-9-4-8-16(12-17)26-13-18(15-6-2-1-3-7-15)19-20(23)24-14-25-21(19)26/h1-4,6-9,12-14H,5,10-11,22H2,(H2,23,24,25). The second kappa shape index (κ2) is 8.02. The molecule has 0 aliphatic rings. The first-order valence-corrected chi connectivity index (χ1v) is 10.4. The highest BCUT2D eigenvalue weighted by Crippen LogP contribution is 2.34. The van der Waals surface area contributed by atoms with Crippen molar-refractivity contribution in [1.29, 1.82) is 0 Å². The third-order valence-electron chi connectivity index (χ3n) is 4.59. The minimum atomic E-state index is -1.09. The molecule has 0 radical (unpaired) electrons. The average molecular weight is 392 g/mol. The number of nitrogens with zero attached hydrogens (tertiary/aromatic N) is 3. The molecule has 4 N–H and O–H groups in total. The van der Waals surface area contributed by atoms with E-state index in [0.717, 1.165) is 39.2 Å². The predicted molar refractivity (Wildman–Crippen MR) is 114 cm³/mol. The Morgan fingerprint density at radius 2 is 1.86 bits per heavy atom. The van der Waals surface area contributed by atoms with Crippen molar-refractivity contribution in [3.05, 3.63) is 67.1 Å². The predicted octanol–water partition coefficient (Wildman–Crippen LogP) is 3.13. The van der Waals surface area contributed by atoms with Crippen LogP contribution in [0.4, 0.5) is 5.82 Å². The van der Waals surface area contributed by atoms with Crippen LogP contribution in [0, 0.1) is 0 Å². The third kappa shape index (κ3) is 3.47. The summed E-state index contributed by atoms with van der Waals surface area (Å²) in [5, 5.41) is 0.809. The van der Waals surface area contributed by atoms with Crippen molar-refractivity contribution in [2.75, 3.05) is 18.0 Å².